The number of hydrogen-bond donors (Lipinski definition) is 0. The van der Waals surface area contributed by atoms with E-state index < -0.39 is 0 Å². The number of para-hydroxylation sites is 2. The molecular formula is C16H18N2O. The standard InChI is InChI=1S/C16H18N2O/c1-10-17-14-4-2-3-5-15(14)18(10)13-8-11-6-7-12(9-13)16(11)19/h2-5,11-13H,6-9H2,1H3/t11-,12+,13?. The van der Waals surface area contributed by atoms with E-state index in [0.29, 0.717) is 23.7 Å². The summed E-state index contributed by atoms with van der Waals surface area (Å²) in [5, 5.41) is 0. The number of Topliss-reactive ketones (excluding diaryl/α,β-unsaturated/α-hetero) is 1. The topological polar surface area (TPSA) is 34.9 Å². The van der Waals surface area contributed by atoms with Crippen molar-refractivity contribution in [3.05, 3.63) is 30.1 Å². The lowest BCUT2D eigenvalue weighted by Crippen LogP contribution is -2.28. The van der Waals surface area contributed by atoms with Gasteiger partial charge in [0.15, 0.2) is 0 Å². The lowest BCUT2D eigenvalue weighted by atomic mass is 9.84. The average Bonchev–Trinajstić information content (AvgIpc) is 2.82. The predicted octanol–water partition coefficient (Wildman–Crippen LogP) is 3.27. The molecule has 2 bridgehead atoms. The van der Waals surface area contributed by atoms with E-state index in [1.807, 2.05) is 6.07 Å². The SMILES string of the molecule is Cc1nc2ccccc2n1C1C[C@H]2CC[C@@H](C1)C2=O. The molecule has 1 aromatic carbocycles. The van der Waals surface area contributed by atoms with Crippen LogP contribution in [0.4, 0.5) is 0 Å². The number of aromatic nitrogens is 2. The highest BCUT2D eigenvalue weighted by Crippen LogP contribution is 2.45. The molecule has 0 N–H and O–H groups in total. The molecule has 0 radical (unpaired) electrons. The van der Waals surface area contributed by atoms with Gasteiger partial charge in [0.1, 0.15) is 11.6 Å². The van der Waals surface area contributed by atoms with Gasteiger partial charge in [0.2, 0.25) is 0 Å². The molecule has 2 aliphatic rings. The highest BCUT2D eigenvalue weighted by molar-refractivity contribution is 5.86. The first kappa shape index (κ1) is 11.2. The summed E-state index contributed by atoms with van der Waals surface area (Å²) < 4.78 is 2.37. The van der Waals surface area contributed by atoms with Crippen molar-refractivity contribution in [3.8, 4) is 0 Å². The van der Waals surface area contributed by atoms with E-state index in [1.165, 1.54) is 5.52 Å². The molecule has 3 atom stereocenters. The van der Waals surface area contributed by atoms with Crippen LogP contribution in [0.2, 0.25) is 0 Å². The third kappa shape index (κ3) is 1.57. The van der Waals surface area contributed by atoms with Gasteiger partial charge in [-0.1, -0.05) is 12.1 Å². The molecule has 3 nitrogen and oxygen atoms in total. The van der Waals surface area contributed by atoms with Gasteiger partial charge >= 0.3 is 0 Å². The summed E-state index contributed by atoms with van der Waals surface area (Å²) in [6.07, 6.45) is 4.23. The van der Waals surface area contributed by atoms with Crippen molar-refractivity contribution in [1.29, 1.82) is 0 Å². The first-order valence-electron chi connectivity index (χ1n) is 7.21. The number of fused-ring (bicyclic) bond motifs is 3. The second kappa shape index (κ2) is 3.92. The lowest BCUT2D eigenvalue weighted by molar-refractivity contribution is -0.126. The Balaban J connectivity index is 1.79. The minimum absolute atomic E-state index is 0.310. The summed E-state index contributed by atoms with van der Waals surface area (Å²) in [6.45, 7) is 2.08. The van der Waals surface area contributed by atoms with Crippen LogP contribution in [0.3, 0.4) is 0 Å². The fourth-order valence-electron chi connectivity index (χ4n) is 4.08. The Labute approximate surface area is 112 Å². The summed E-state index contributed by atoms with van der Waals surface area (Å²) in [7, 11) is 0. The van der Waals surface area contributed by atoms with Crippen LogP contribution in [0.5, 0.6) is 0 Å². The summed E-state index contributed by atoms with van der Waals surface area (Å²) in [4.78, 5) is 16.7. The van der Waals surface area contributed by atoms with Crippen LogP contribution >= 0.6 is 0 Å². The number of imidazole rings is 1. The van der Waals surface area contributed by atoms with E-state index in [9.17, 15) is 4.79 Å². The van der Waals surface area contributed by atoms with Gasteiger partial charge in [0.25, 0.3) is 0 Å². The van der Waals surface area contributed by atoms with Crippen LogP contribution in [0.1, 0.15) is 37.5 Å². The van der Waals surface area contributed by atoms with Gasteiger partial charge in [-0.05, 0) is 44.7 Å². The number of benzene rings is 1. The van der Waals surface area contributed by atoms with Crippen molar-refractivity contribution in [2.45, 2.75) is 38.6 Å². The van der Waals surface area contributed by atoms with Crippen molar-refractivity contribution in [1.82, 2.24) is 9.55 Å². The van der Waals surface area contributed by atoms with Crippen LogP contribution in [-0.2, 0) is 4.79 Å². The molecule has 0 saturated heterocycles. The molecule has 98 valence electrons. The fourth-order valence-corrected chi connectivity index (χ4v) is 4.08. The smallest absolute Gasteiger partial charge is 0.139 e. The zero-order chi connectivity index (χ0) is 13.0. The van der Waals surface area contributed by atoms with Gasteiger partial charge in [-0.15, -0.1) is 0 Å². The zero-order valence-electron chi connectivity index (χ0n) is 11.2. The van der Waals surface area contributed by atoms with E-state index in [1.54, 1.807) is 0 Å². The third-order valence-corrected chi connectivity index (χ3v) is 4.92. The van der Waals surface area contributed by atoms with Crippen LogP contribution in [0.25, 0.3) is 11.0 Å². The number of hydrogen-bond acceptors (Lipinski definition) is 2. The third-order valence-electron chi connectivity index (χ3n) is 4.92. The van der Waals surface area contributed by atoms with E-state index in [4.69, 9.17) is 0 Å². The van der Waals surface area contributed by atoms with Crippen LogP contribution in [0.15, 0.2) is 24.3 Å². The molecule has 0 aliphatic heterocycles. The van der Waals surface area contributed by atoms with Crippen LogP contribution in [-0.4, -0.2) is 15.3 Å². The Hall–Kier alpha value is -1.64. The number of ketones is 1. The maximum atomic E-state index is 12.0. The molecule has 3 heteroatoms. The highest BCUT2D eigenvalue weighted by Gasteiger charge is 2.42. The van der Waals surface area contributed by atoms with Crippen molar-refractivity contribution < 1.29 is 4.79 Å². The molecule has 4 rings (SSSR count). The van der Waals surface area contributed by atoms with Gasteiger partial charge in [0, 0.05) is 17.9 Å². The van der Waals surface area contributed by atoms with Crippen LogP contribution in [0, 0.1) is 18.8 Å². The first-order chi connectivity index (χ1) is 9.24. The van der Waals surface area contributed by atoms with Gasteiger partial charge < -0.3 is 4.57 Å². The molecule has 2 aliphatic carbocycles. The highest BCUT2D eigenvalue weighted by atomic mass is 16.1. The quantitative estimate of drug-likeness (QED) is 0.782. The number of carbonyl (C=O) groups is 1. The lowest BCUT2D eigenvalue weighted by Gasteiger charge is -2.29. The van der Waals surface area contributed by atoms with E-state index in [-0.39, 0.29) is 0 Å². The number of aryl methyl sites for hydroxylation is 1. The van der Waals surface area contributed by atoms with Gasteiger partial charge in [0.05, 0.1) is 11.0 Å². The second-order valence-electron chi connectivity index (χ2n) is 6.02. The summed E-state index contributed by atoms with van der Waals surface area (Å²) in [6, 6.07) is 8.78. The Morgan fingerprint density at radius 2 is 1.84 bits per heavy atom. The first-order valence-corrected chi connectivity index (χ1v) is 7.21. The normalized spacial score (nSPS) is 30.2. The zero-order valence-corrected chi connectivity index (χ0v) is 11.2. The van der Waals surface area contributed by atoms with Crippen LogP contribution < -0.4 is 0 Å². The Morgan fingerprint density at radius 1 is 1.16 bits per heavy atom. The molecule has 19 heavy (non-hydrogen) atoms. The molecule has 2 fully saturated rings. The Kier molecular flexibility index (Phi) is 2.32. The van der Waals surface area contributed by atoms with E-state index in [0.717, 1.165) is 37.0 Å². The largest absolute Gasteiger partial charge is 0.325 e. The fraction of sp³-hybridized carbons (Fsp3) is 0.500. The number of carbonyl (C=O) groups excluding carboxylic acids is 1. The minimum atomic E-state index is 0.310. The Morgan fingerprint density at radius 3 is 2.58 bits per heavy atom. The molecule has 0 spiro atoms. The maximum absolute atomic E-state index is 12.0. The van der Waals surface area contributed by atoms with Gasteiger partial charge in [-0.25, -0.2) is 4.98 Å². The predicted molar refractivity (Wildman–Crippen MR) is 74.0 cm³/mol. The maximum Gasteiger partial charge on any atom is 0.139 e. The summed E-state index contributed by atoms with van der Waals surface area (Å²) in [5.41, 5.74) is 2.29. The molecule has 2 saturated carbocycles. The van der Waals surface area contributed by atoms with Crippen molar-refractivity contribution >= 4 is 16.8 Å². The number of nitrogens with zero attached hydrogens (tertiary/aromatic N) is 2. The van der Waals surface area contributed by atoms with Crippen molar-refractivity contribution in [3.63, 3.8) is 0 Å². The van der Waals surface area contributed by atoms with E-state index in [2.05, 4.69) is 34.7 Å². The van der Waals surface area contributed by atoms with Crippen molar-refractivity contribution in [2.75, 3.05) is 0 Å². The minimum Gasteiger partial charge on any atom is -0.325 e. The molecule has 1 aromatic heterocycles. The van der Waals surface area contributed by atoms with Crippen molar-refractivity contribution in [2.24, 2.45) is 11.8 Å². The van der Waals surface area contributed by atoms with Gasteiger partial charge in [-0.3, -0.25) is 4.79 Å². The molecule has 1 unspecified atom stereocenters. The molecule has 2 aromatic rings. The summed E-state index contributed by atoms with van der Waals surface area (Å²) >= 11 is 0. The van der Waals surface area contributed by atoms with E-state index >= 15 is 0 Å². The monoisotopic (exact) mass is 254 g/mol. The summed E-state index contributed by atoms with van der Waals surface area (Å²) in [5.74, 6) is 2.23. The average molecular weight is 254 g/mol. The molecule has 1 heterocycles. The number of rotatable bonds is 1. The van der Waals surface area contributed by atoms with Gasteiger partial charge in [-0.2, -0.15) is 0 Å². The Bertz CT molecular complexity index is 642. The molecule has 0 amide bonds. The second-order valence-corrected chi connectivity index (χ2v) is 6.02. The molecular weight excluding hydrogens is 236 g/mol.